The van der Waals surface area contributed by atoms with Crippen molar-refractivity contribution in [2.24, 2.45) is 0 Å². The Morgan fingerprint density at radius 2 is 1.64 bits per heavy atom. The van der Waals surface area contributed by atoms with E-state index in [0.717, 1.165) is 5.56 Å². The Bertz CT molecular complexity index is 792. The molecule has 0 fully saturated rings. The van der Waals surface area contributed by atoms with Gasteiger partial charge in [0.25, 0.3) is 5.91 Å². The first-order chi connectivity index (χ1) is 13.6. The zero-order valence-corrected chi connectivity index (χ0v) is 16.9. The normalized spacial score (nSPS) is 11.3. The largest absolute Gasteiger partial charge is 0.497 e. The van der Waals surface area contributed by atoms with Crippen molar-refractivity contribution in [1.29, 1.82) is 0 Å². The lowest BCUT2D eigenvalue weighted by atomic mass is 10.1. The molecule has 0 saturated heterocycles. The second-order valence-electron chi connectivity index (χ2n) is 5.90. The molecule has 0 aliphatic carbocycles. The third-order valence-electron chi connectivity index (χ3n) is 4.22. The van der Waals surface area contributed by atoms with E-state index in [-0.39, 0.29) is 12.5 Å². The van der Waals surface area contributed by atoms with Gasteiger partial charge in [-0.2, -0.15) is 0 Å². The molecule has 7 nitrogen and oxygen atoms in total. The highest BCUT2D eigenvalue weighted by atomic mass is 16.5. The molecular formula is C21H27NO6. The summed E-state index contributed by atoms with van der Waals surface area (Å²) in [6, 6.07) is 10.8. The van der Waals surface area contributed by atoms with Crippen LogP contribution in [0.5, 0.6) is 28.7 Å². The first-order valence-electron chi connectivity index (χ1n) is 8.94. The fourth-order valence-corrected chi connectivity index (χ4v) is 2.76. The van der Waals surface area contributed by atoms with E-state index in [0.29, 0.717) is 35.2 Å². The van der Waals surface area contributed by atoms with Crippen molar-refractivity contribution in [3.05, 3.63) is 42.0 Å². The van der Waals surface area contributed by atoms with E-state index < -0.39 is 6.10 Å². The van der Waals surface area contributed by atoms with Gasteiger partial charge in [0.2, 0.25) is 5.75 Å². The Morgan fingerprint density at radius 3 is 2.25 bits per heavy atom. The van der Waals surface area contributed by atoms with Crippen LogP contribution in [0.1, 0.15) is 18.9 Å². The molecular weight excluding hydrogens is 362 g/mol. The van der Waals surface area contributed by atoms with Crippen molar-refractivity contribution in [2.45, 2.75) is 26.0 Å². The summed E-state index contributed by atoms with van der Waals surface area (Å²) in [5.74, 6) is 2.58. The van der Waals surface area contributed by atoms with Crippen LogP contribution in [0.4, 0.5) is 0 Å². The Kier molecular flexibility index (Phi) is 7.80. The van der Waals surface area contributed by atoms with E-state index in [1.54, 1.807) is 39.5 Å². The Hall–Kier alpha value is -3.09. The number of hydrogen-bond donors (Lipinski definition) is 1. The second kappa shape index (κ2) is 10.3. The summed E-state index contributed by atoms with van der Waals surface area (Å²) in [6.07, 6.45) is -0.107. The van der Waals surface area contributed by atoms with Crippen molar-refractivity contribution in [1.82, 2.24) is 5.32 Å². The van der Waals surface area contributed by atoms with Gasteiger partial charge in [0, 0.05) is 18.2 Å². The van der Waals surface area contributed by atoms with E-state index >= 15 is 0 Å². The summed E-state index contributed by atoms with van der Waals surface area (Å²) < 4.78 is 27.1. The van der Waals surface area contributed by atoms with Gasteiger partial charge in [-0.3, -0.25) is 4.79 Å². The molecule has 28 heavy (non-hydrogen) atoms. The van der Waals surface area contributed by atoms with Crippen LogP contribution < -0.4 is 29.0 Å². The lowest BCUT2D eigenvalue weighted by molar-refractivity contribution is -0.128. The number of rotatable bonds is 10. The third kappa shape index (κ3) is 5.00. The molecule has 0 aliphatic heterocycles. The molecule has 2 aromatic carbocycles. The van der Waals surface area contributed by atoms with Crippen LogP contribution in [0.25, 0.3) is 0 Å². The molecule has 0 unspecified atom stereocenters. The van der Waals surface area contributed by atoms with Crippen molar-refractivity contribution >= 4 is 5.91 Å². The molecule has 1 N–H and O–H groups in total. The van der Waals surface area contributed by atoms with Crippen LogP contribution >= 0.6 is 0 Å². The maximum absolute atomic E-state index is 12.6. The standard InChI is InChI=1S/C21H27NO6/c1-6-17(28-16-9-7-8-15(12-16)24-2)21(23)22-13-14-10-11-18(25-3)20(27-5)19(14)26-4/h7-12,17H,6,13H2,1-5H3,(H,22,23)/t17-/m0/s1. The fraction of sp³-hybridized carbons (Fsp3) is 0.381. The molecule has 2 rings (SSSR count). The van der Waals surface area contributed by atoms with Gasteiger partial charge in [-0.25, -0.2) is 0 Å². The molecule has 0 heterocycles. The summed E-state index contributed by atoms with van der Waals surface area (Å²) in [7, 11) is 6.22. The lowest BCUT2D eigenvalue weighted by Gasteiger charge is -2.19. The van der Waals surface area contributed by atoms with Gasteiger partial charge in [-0.1, -0.05) is 13.0 Å². The Morgan fingerprint density at radius 1 is 0.929 bits per heavy atom. The highest BCUT2D eigenvalue weighted by molar-refractivity contribution is 5.81. The minimum absolute atomic E-state index is 0.220. The lowest BCUT2D eigenvalue weighted by Crippen LogP contribution is -2.37. The molecule has 152 valence electrons. The van der Waals surface area contributed by atoms with Crippen LogP contribution in [0.3, 0.4) is 0 Å². The van der Waals surface area contributed by atoms with Gasteiger partial charge in [-0.05, 0) is 30.7 Å². The zero-order valence-electron chi connectivity index (χ0n) is 16.9. The van der Waals surface area contributed by atoms with Crippen molar-refractivity contribution in [3.63, 3.8) is 0 Å². The molecule has 7 heteroatoms. The van der Waals surface area contributed by atoms with Gasteiger partial charge in [-0.15, -0.1) is 0 Å². The van der Waals surface area contributed by atoms with Gasteiger partial charge < -0.3 is 29.0 Å². The van der Waals surface area contributed by atoms with Crippen LogP contribution in [0.2, 0.25) is 0 Å². The van der Waals surface area contributed by atoms with Gasteiger partial charge in [0.1, 0.15) is 11.5 Å². The fourth-order valence-electron chi connectivity index (χ4n) is 2.76. The zero-order chi connectivity index (χ0) is 20.5. The smallest absolute Gasteiger partial charge is 0.261 e. The monoisotopic (exact) mass is 389 g/mol. The quantitative estimate of drug-likeness (QED) is 0.673. The second-order valence-corrected chi connectivity index (χ2v) is 5.90. The minimum Gasteiger partial charge on any atom is -0.497 e. The van der Waals surface area contributed by atoms with Crippen molar-refractivity contribution in [3.8, 4) is 28.7 Å². The van der Waals surface area contributed by atoms with E-state index in [2.05, 4.69) is 5.32 Å². The van der Waals surface area contributed by atoms with E-state index in [9.17, 15) is 4.79 Å². The highest BCUT2D eigenvalue weighted by Crippen LogP contribution is 2.39. The number of nitrogens with one attached hydrogen (secondary N) is 1. The molecule has 1 atom stereocenters. The number of methoxy groups -OCH3 is 4. The minimum atomic E-state index is -0.627. The van der Waals surface area contributed by atoms with Gasteiger partial charge in [0.05, 0.1) is 28.4 Å². The van der Waals surface area contributed by atoms with Crippen LogP contribution in [-0.2, 0) is 11.3 Å². The molecule has 0 bridgehead atoms. The van der Waals surface area contributed by atoms with E-state index in [1.807, 2.05) is 25.1 Å². The van der Waals surface area contributed by atoms with Gasteiger partial charge >= 0.3 is 0 Å². The van der Waals surface area contributed by atoms with Crippen molar-refractivity contribution < 1.29 is 28.5 Å². The number of hydrogen-bond acceptors (Lipinski definition) is 6. The predicted octanol–water partition coefficient (Wildman–Crippen LogP) is 3.19. The maximum Gasteiger partial charge on any atom is 0.261 e. The Labute approximate surface area is 165 Å². The average molecular weight is 389 g/mol. The van der Waals surface area contributed by atoms with Crippen LogP contribution in [0, 0.1) is 0 Å². The molecule has 0 spiro atoms. The topological polar surface area (TPSA) is 75.3 Å². The van der Waals surface area contributed by atoms with Crippen LogP contribution in [0.15, 0.2) is 36.4 Å². The molecule has 0 radical (unpaired) electrons. The predicted molar refractivity (Wildman–Crippen MR) is 106 cm³/mol. The van der Waals surface area contributed by atoms with Crippen LogP contribution in [-0.4, -0.2) is 40.5 Å². The third-order valence-corrected chi connectivity index (χ3v) is 4.22. The molecule has 1 amide bonds. The Balaban J connectivity index is 2.09. The number of ether oxygens (including phenoxy) is 5. The molecule has 2 aromatic rings. The molecule has 0 aromatic heterocycles. The highest BCUT2D eigenvalue weighted by Gasteiger charge is 2.20. The molecule has 0 aliphatic rings. The number of benzene rings is 2. The number of carbonyl (C=O) groups excluding carboxylic acids is 1. The van der Waals surface area contributed by atoms with Gasteiger partial charge in [0.15, 0.2) is 17.6 Å². The van der Waals surface area contributed by atoms with E-state index in [1.165, 1.54) is 7.11 Å². The maximum atomic E-state index is 12.6. The van der Waals surface area contributed by atoms with E-state index in [4.69, 9.17) is 23.7 Å². The summed E-state index contributed by atoms with van der Waals surface area (Å²) in [4.78, 5) is 12.6. The summed E-state index contributed by atoms with van der Waals surface area (Å²) in [5, 5.41) is 2.89. The SMILES string of the molecule is CC[C@H](Oc1cccc(OC)c1)C(=O)NCc1ccc(OC)c(OC)c1OC. The first-order valence-corrected chi connectivity index (χ1v) is 8.94. The summed E-state index contributed by atoms with van der Waals surface area (Å²) >= 11 is 0. The molecule has 0 saturated carbocycles. The summed E-state index contributed by atoms with van der Waals surface area (Å²) in [6.45, 7) is 2.15. The number of carbonyl (C=O) groups is 1. The average Bonchev–Trinajstić information content (AvgIpc) is 2.74. The number of amides is 1. The first kappa shape index (κ1) is 21.2. The van der Waals surface area contributed by atoms with Crippen molar-refractivity contribution in [2.75, 3.05) is 28.4 Å². The summed E-state index contributed by atoms with van der Waals surface area (Å²) in [5.41, 5.74) is 0.768.